The van der Waals surface area contributed by atoms with Crippen molar-refractivity contribution in [3.05, 3.63) is 94.3 Å². The van der Waals surface area contributed by atoms with Crippen LogP contribution in [0.15, 0.2) is 77.6 Å². The molecule has 304 valence electrons. The number of rotatable bonds is 19. The molecule has 1 aromatic heterocycles. The molecule has 0 unspecified atom stereocenters. The minimum absolute atomic E-state index is 0. The van der Waals surface area contributed by atoms with Crippen LogP contribution in [0.4, 0.5) is 0 Å². The van der Waals surface area contributed by atoms with Gasteiger partial charge in [0.15, 0.2) is 11.5 Å². The number of aliphatic hydroxyl groups excluding tert-OH is 1. The Labute approximate surface area is 340 Å². The summed E-state index contributed by atoms with van der Waals surface area (Å²) >= 11 is 0. The number of nitrogens with zero attached hydrogens (tertiary/aromatic N) is 1. The number of pyridine rings is 1. The molecular weight excluding hydrogens is 778 g/mol. The van der Waals surface area contributed by atoms with Gasteiger partial charge in [-0.3, -0.25) is 4.79 Å². The average Bonchev–Trinajstić information content (AvgIpc) is 3.77. The van der Waals surface area contributed by atoms with Crippen LogP contribution < -0.4 is 42.1 Å². The zero-order valence-electron chi connectivity index (χ0n) is 32.5. The van der Waals surface area contributed by atoms with Crippen molar-refractivity contribution in [1.29, 1.82) is 0 Å². The highest BCUT2D eigenvalue weighted by Gasteiger charge is 2.48. The number of phenolic OH excluding ortho intramolecular Hbond substituents is 1. The Bertz CT molecular complexity index is 1910. The molecule has 3 atom stereocenters. The minimum Gasteiger partial charge on any atom is -1.00 e. The molecule has 4 fully saturated rings. The predicted octanol–water partition coefficient (Wildman–Crippen LogP) is 2.81. The van der Waals surface area contributed by atoms with E-state index in [1.165, 1.54) is 50.9 Å². The maximum absolute atomic E-state index is 12.1. The van der Waals surface area contributed by atoms with Crippen molar-refractivity contribution in [3.63, 3.8) is 0 Å². The Hall–Kier alpha value is -3.65. The standard InChI is InChI=1S/C44H57N3O8.BrH/c1-52-40-27-34(13-17-39(40)54-25-7-21-45-28-38(49)35-14-16-37(48)43-36(35)15-18-42(50)46-43)53-26-8-22-47-23-19-31(20-24-47)41(29-47)55-30-44(51,33-11-5-6-12-33)32-9-3-2-4-10-32;/h2-4,9-10,13-18,27,31,33,38,41,45,49,51H,5-8,11-12,19-26,28-30H2,1H3,(H-,46,48,50);1H/t31?,38-,41-,44+,47?;/m0./s1. The lowest BCUT2D eigenvalue weighted by atomic mass is 9.80. The van der Waals surface area contributed by atoms with Crippen LogP contribution in [0.25, 0.3) is 10.9 Å². The highest BCUT2D eigenvalue weighted by Crippen LogP contribution is 2.43. The first kappa shape index (κ1) is 42.0. The summed E-state index contributed by atoms with van der Waals surface area (Å²) in [6.45, 7) is 6.81. The molecule has 0 spiro atoms. The number of hydrogen-bond acceptors (Lipinski definition) is 9. The lowest BCUT2D eigenvalue weighted by Crippen LogP contribution is -3.00. The summed E-state index contributed by atoms with van der Waals surface area (Å²) in [4.78, 5) is 14.3. The number of aliphatic hydroxyl groups is 2. The SMILES string of the molecule is COc1cc(OCCC[N+]23CCC(CC2)[C@@H](OC[C@@](O)(c2ccccc2)C2CCCC2)C3)ccc1OCCCNC[C@H](O)c1ccc(O)c2[nH]c(=O)ccc12.[Br-]. The van der Waals surface area contributed by atoms with Crippen molar-refractivity contribution in [2.75, 3.05) is 66.2 Å². The molecule has 0 radical (unpaired) electrons. The number of aromatic nitrogens is 1. The monoisotopic (exact) mass is 835 g/mol. The van der Waals surface area contributed by atoms with E-state index in [-0.39, 0.29) is 40.3 Å². The fraction of sp³-hybridized carbons (Fsp3) is 0.523. The molecular formula is C44H58BrN3O8. The Kier molecular flexibility index (Phi) is 14.4. The first-order chi connectivity index (χ1) is 26.8. The van der Waals surface area contributed by atoms with Gasteiger partial charge in [0.25, 0.3) is 0 Å². The van der Waals surface area contributed by atoms with Gasteiger partial charge in [-0.25, -0.2) is 0 Å². The molecule has 11 nitrogen and oxygen atoms in total. The Balaban J connectivity index is 0.00000532. The van der Waals surface area contributed by atoms with Crippen LogP contribution >= 0.6 is 0 Å². The van der Waals surface area contributed by atoms with Crippen LogP contribution in [0.5, 0.6) is 23.0 Å². The Morgan fingerprint density at radius 3 is 2.46 bits per heavy atom. The largest absolute Gasteiger partial charge is 1.00 e. The van der Waals surface area contributed by atoms with E-state index >= 15 is 0 Å². The molecule has 1 aliphatic carbocycles. The molecule has 3 aromatic carbocycles. The number of quaternary nitrogens is 1. The quantitative estimate of drug-likeness (QED) is 0.0713. The number of methoxy groups -OCH3 is 1. The van der Waals surface area contributed by atoms with Crippen LogP contribution in [-0.4, -0.2) is 97.1 Å². The number of H-pyrrole nitrogens is 1. The summed E-state index contributed by atoms with van der Waals surface area (Å²) < 4.78 is 25.6. The average molecular weight is 837 g/mol. The highest BCUT2D eigenvalue weighted by atomic mass is 79.9. The fourth-order valence-electron chi connectivity index (χ4n) is 9.25. The first-order valence-electron chi connectivity index (χ1n) is 20.2. The third-order valence-electron chi connectivity index (χ3n) is 12.4. The maximum Gasteiger partial charge on any atom is 0.248 e. The summed E-state index contributed by atoms with van der Waals surface area (Å²) in [5, 5.41) is 36.8. The van der Waals surface area contributed by atoms with Gasteiger partial charge in [0, 0.05) is 49.2 Å². The number of phenols is 1. The van der Waals surface area contributed by atoms with E-state index in [2.05, 4.69) is 22.4 Å². The number of aromatic hydroxyl groups is 1. The zero-order valence-corrected chi connectivity index (χ0v) is 34.1. The molecule has 0 amide bonds. The van der Waals surface area contributed by atoms with Crippen molar-refractivity contribution in [2.24, 2.45) is 11.8 Å². The predicted molar refractivity (Wildman–Crippen MR) is 212 cm³/mol. The smallest absolute Gasteiger partial charge is 0.248 e. The first-order valence-corrected chi connectivity index (χ1v) is 20.2. The molecule has 3 saturated heterocycles. The van der Waals surface area contributed by atoms with E-state index in [4.69, 9.17) is 18.9 Å². The van der Waals surface area contributed by atoms with Gasteiger partial charge >= 0.3 is 0 Å². The van der Waals surface area contributed by atoms with Gasteiger partial charge in [-0.1, -0.05) is 49.2 Å². The third kappa shape index (κ3) is 9.71. The number of benzene rings is 3. The summed E-state index contributed by atoms with van der Waals surface area (Å²) in [5.74, 6) is 2.80. The topological polar surface area (TPSA) is 142 Å². The zero-order chi connectivity index (χ0) is 38.3. The van der Waals surface area contributed by atoms with Crippen LogP contribution in [-0.2, 0) is 10.3 Å². The van der Waals surface area contributed by atoms with Crippen molar-refractivity contribution >= 4 is 10.9 Å². The van der Waals surface area contributed by atoms with Gasteiger partial charge in [-0.2, -0.15) is 0 Å². The van der Waals surface area contributed by atoms with E-state index in [1.54, 1.807) is 19.2 Å². The van der Waals surface area contributed by atoms with Crippen LogP contribution in [0.2, 0.25) is 0 Å². The Morgan fingerprint density at radius 1 is 0.929 bits per heavy atom. The number of halogens is 1. The fourth-order valence-corrected chi connectivity index (χ4v) is 9.25. The number of nitrogens with one attached hydrogen (secondary N) is 2. The van der Waals surface area contributed by atoms with Gasteiger partial charge in [0.05, 0.1) is 58.2 Å². The Morgan fingerprint density at radius 2 is 1.70 bits per heavy atom. The summed E-state index contributed by atoms with van der Waals surface area (Å²) in [6, 6.07) is 22.0. The number of aromatic amines is 1. The van der Waals surface area contributed by atoms with Crippen LogP contribution in [0, 0.1) is 11.8 Å². The lowest BCUT2D eigenvalue weighted by Gasteiger charge is -2.53. The van der Waals surface area contributed by atoms with Crippen LogP contribution in [0.1, 0.15) is 68.6 Å². The van der Waals surface area contributed by atoms with Crippen molar-refractivity contribution in [3.8, 4) is 23.0 Å². The summed E-state index contributed by atoms with van der Waals surface area (Å²) in [7, 11) is 1.63. The number of fused-ring (bicyclic) bond motifs is 4. The number of hydrogen-bond donors (Lipinski definition) is 5. The molecule has 4 heterocycles. The third-order valence-corrected chi connectivity index (χ3v) is 12.4. The van der Waals surface area contributed by atoms with E-state index in [0.29, 0.717) is 73.2 Å². The van der Waals surface area contributed by atoms with Gasteiger partial charge in [-0.15, -0.1) is 0 Å². The molecule has 12 heteroatoms. The molecule has 1 saturated carbocycles. The van der Waals surface area contributed by atoms with E-state index in [0.717, 1.165) is 48.1 Å². The highest BCUT2D eigenvalue weighted by molar-refractivity contribution is 5.87. The molecule has 2 bridgehead atoms. The number of piperidine rings is 3. The van der Waals surface area contributed by atoms with Crippen molar-refractivity contribution < 1.29 is 55.7 Å². The molecule has 8 rings (SSSR count). The van der Waals surface area contributed by atoms with E-state index in [9.17, 15) is 20.1 Å². The second-order valence-electron chi connectivity index (χ2n) is 15.9. The van der Waals surface area contributed by atoms with Gasteiger partial charge in [-0.05, 0) is 67.1 Å². The lowest BCUT2D eigenvalue weighted by molar-refractivity contribution is -0.946. The second-order valence-corrected chi connectivity index (χ2v) is 15.9. The summed E-state index contributed by atoms with van der Waals surface area (Å²) in [5.41, 5.74) is 0.695. The number of ether oxygens (including phenoxy) is 4. The normalized spacial score (nSPS) is 22.3. The molecule has 5 N–H and O–H groups in total. The van der Waals surface area contributed by atoms with Gasteiger partial charge < -0.3 is 66.0 Å². The van der Waals surface area contributed by atoms with Gasteiger partial charge in [0.1, 0.15) is 29.7 Å². The maximum atomic E-state index is 12.1. The van der Waals surface area contributed by atoms with Crippen LogP contribution in [0.3, 0.4) is 0 Å². The van der Waals surface area contributed by atoms with E-state index < -0.39 is 11.7 Å². The minimum atomic E-state index is -0.927. The molecule has 56 heavy (non-hydrogen) atoms. The van der Waals surface area contributed by atoms with Crippen molar-refractivity contribution in [2.45, 2.75) is 69.2 Å². The summed E-state index contributed by atoms with van der Waals surface area (Å²) in [6.07, 6.45) is 7.85. The van der Waals surface area contributed by atoms with E-state index in [1.807, 2.05) is 36.4 Å². The molecule has 4 aliphatic rings. The second kappa shape index (κ2) is 19.2. The molecule has 4 aromatic rings. The van der Waals surface area contributed by atoms with Gasteiger partial charge in [0.2, 0.25) is 5.56 Å². The van der Waals surface area contributed by atoms with Crippen molar-refractivity contribution in [1.82, 2.24) is 10.3 Å². The molecule has 3 aliphatic heterocycles.